The molecule has 8 heteroatoms. The number of hydrogen-bond acceptors (Lipinski definition) is 4. The molecule has 90 valence electrons. The summed E-state index contributed by atoms with van der Waals surface area (Å²) in [6, 6.07) is 8.11. The highest BCUT2D eigenvalue weighted by molar-refractivity contribution is 5.91. The molecule has 0 aliphatic rings. The number of benzene rings is 1. The van der Waals surface area contributed by atoms with E-state index in [1.165, 1.54) is 24.3 Å². The second-order valence-electron chi connectivity index (χ2n) is 2.72. The van der Waals surface area contributed by atoms with E-state index in [4.69, 9.17) is 5.26 Å². The number of hydrazine groups is 1. The van der Waals surface area contributed by atoms with Gasteiger partial charge in [0, 0.05) is 0 Å². The largest absolute Gasteiger partial charge is 0.545 e. The lowest BCUT2D eigenvalue weighted by molar-refractivity contribution is -0.333. The summed E-state index contributed by atoms with van der Waals surface area (Å²) in [6.07, 6.45) is -4.99. The zero-order valence-corrected chi connectivity index (χ0v) is 8.23. The molecule has 0 unspecified atom stereocenters. The Bertz CT molecular complexity index is 427. The lowest BCUT2D eigenvalue weighted by atomic mass is 10.3. The average Bonchev–Trinajstić information content (AvgIpc) is 2.27. The minimum Gasteiger partial charge on any atom is -0.255 e. The molecule has 0 radical (unpaired) electrons. The third-order valence-electron chi connectivity index (χ3n) is 1.49. The standard InChI is InChI=1S/C9H6F3N3O2/c10-9(11,12)17-15(14-8(16)6-13)7-4-2-1-3-5-7/h1-5H,(H,14,16). The van der Waals surface area contributed by atoms with Crippen LogP contribution in [0.25, 0.3) is 0 Å². The summed E-state index contributed by atoms with van der Waals surface area (Å²) in [5, 5.41) is 8.28. The van der Waals surface area contributed by atoms with E-state index in [0.29, 0.717) is 0 Å². The Hall–Kier alpha value is -2.27. The summed E-state index contributed by atoms with van der Waals surface area (Å²) in [5.41, 5.74) is 1.56. The Morgan fingerprint density at radius 2 is 1.94 bits per heavy atom. The summed E-state index contributed by atoms with van der Waals surface area (Å²) in [6.45, 7) is 0. The highest BCUT2D eigenvalue weighted by atomic mass is 19.4. The Labute approximate surface area is 93.9 Å². The van der Waals surface area contributed by atoms with Crippen LogP contribution in [0.3, 0.4) is 0 Å². The smallest absolute Gasteiger partial charge is 0.255 e. The third-order valence-corrected chi connectivity index (χ3v) is 1.49. The Balaban J connectivity index is 2.88. The van der Waals surface area contributed by atoms with Crippen molar-refractivity contribution in [2.75, 3.05) is 5.17 Å². The number of hydrogen-bond donors (Lipinski definition) is 1. The molecule has 0 aromatic heterocycles. The second kappa shape index (κ2) is 5.18. The van der Waals surface area contributed by atoms with Gasteiger partial charge in [-0.1, -0.05) is 18.2 Å². The van der Waals surface area contributed by atoms with Crippen LogP contribution in [0.5, 0.6) is 0 Å². The van der Waals surface area contributed by atoms with Gasteiger partial charge in [0.05, 0.1) is 5.69 Å². The molecular formula is C9H6F3N3O2. The lowest BCUT2D eigenvalue weighted by Gasteiger charge is -2.23. The topological polar surface area (TPSA) is 65.4 Å². The maximum atomic E-state index is 12.0. The molecule has 0 saturated carbocycles. The van der Waals surface area contributed by atoms with Crippen LogP contribution in [-0.2, 0) is 9.63 Å². The molecule has 0 fully saturated rings. The first-order valence-electron chi connectivity index (χ1n) is 4.24. The van der Waals surface area contributed by atoms with Crippen LogP contribution >= 0.6 is 0 Å². The number of anilines is 1. The van der Waals surface area contributed by atoms with Gasteiger partial charge in [-0.2, -0.15) is 15.3 Å². The van der Waals surface area contributed by atoms with E-state index in [1.54, 1.807) is 11.5 Å². The van der Waals surface area contributed by atoms with E-state index in [0.717, 1.165) is 6.07 Å². The number of carbonyl (C=O) groups excluding carboxylic acids is 1. The Morgan fingerprint density at radius 1 is 1.35 bits per heavy atom. The van der Waals surface area contributed by atoms with Crippen LogP contribution in [-0.4, -0.2) is 12.3 Å². The number of amides is 1. The van der Waals surface area contributed by atoms with Gasteiger partial charge in [-0.3, -0.25) is 4.79 Å². The summed E-state index contributed by atoms with van der Waals surface area (Å²) in [5.74, 6) is -1.28. The molecule has 17 heavy (non-hydrogen) atoms. The fourth-order valence-corrected chi connectivity index (χ4v) is 0.924. The van der Waals surface area contributed by atoms with Crippen molar-refractivity contribution < 1.29 is 22.8 Å². The third kappa shape index (κ3) is 4.40. The van der Waals surface area contributed by atoms with Crippen LogP contribution in [0.4, 0.5) is 18.9 Å². The molecule has 0 bridgehead atoms. The molecule has 1 rings (SSSR count). The van der Waals surface area contributed by atoms with E-state index in [9.17, 15) is 18.0 Å². The molecule has 0 aliphatic carbocycles. The van der Waals surface area contributed by atoms with E-state index >= 15 is 0 Å². The van der Waals surface area contributed by atoms with Crippen molar-refractivity contribution in [2.24, 2.45) is 0 Å². The van der Waals surface area contributed by atoms with Gasteiger partial charge in [-0.15, -0.1) is 13.2 Å². The Kier molecular flexibility index (Phi) is 3.90. The number of nitrogens with zero attached hydrogens (tertiary/aromatic N) is 2. The quantitative estimate of drug-likeness (QED) is 0.647. The second-order valence-corrected chi connectivity index (χ2v) is 2.72. The van der Waals surface area contributed by atoms with Gasteiger partial charge < -0.3 is 0 Å². The van der Waals surface area contributed by atoms with Crippen LogP contribution in [0.2, 0.25) is 0 Å². The van der Waals surface area contributed by atoms with Crippen LogP contribution in [0, 0.1) is 11.3 Å². The van der Waals surface area contributed by atoms with Gasteiger partial charge in [0.25, 0.3) is 0 Å². The molecule has 5 nitrogen and oxygen atoms in total. The van der Waals surface area contributed by atoms with Crippen LogP contribution in [0.15, 0.2) is 30.3 Å². The van der Waals surface area contributed by atoms with Crippen molar-refractivity contribution in [2.45, 2.75) is 6.36 Å². The Morgan fingerprint density at radius 3 is 2.41 bits per heavy atom. The fourth-order valence-electron chi connectivity index (χ4n) is 0.924. The minimum atomic E-state index is -4.99. The number of nitriles is 1. The number of para-hydroxylation sites is 1. The van der Waals surface area contributed by atoms with Gasteiger partial charge in [0.1, 0.15) is 0 Å². The molecule has 1 N–H and O–H groups in total. The molecule has 1 amide bonds. The lowest BCUT2D eigenvalue weighted by Crippen LogP contribution is -2.45. The van der Waals surface area contributed by atoms with E-state index in [-0.39, 0.29) is 10.9 Å². The summed E-state index contributed by atoms with van der Waals surface area (Å²) >= 11 is 0. The number of carbonyl (C=O) groups is 1. The fraction of sp³-hybridized carbons (Fsp3) is 0.111. The number of nitrogens with one attached hydrogen (secondary N) is 1. The SMILES string of the molecule is N#CC(=O)NN(OC(F)(F)F)c1ccccc1. The van der Waals surface area contributed by atoms with E-state index in [2.05, 4.69) is 4.84 Å². The van der Waals surface area contributed by atoms with Crippen molar-refractivity contribution in [3.8, 4) is 6.07 Å². The first-order chi connectivity index (χ1) is 7.92. The normalized spacial score (nSPS) is 10.5. The van der Waals surface area contributed by atoms with Crippen LogP contribution in [0.1, 0.15) is 0 Å². The van der Waals surface area contributed by atoms with Gasteiger partial charge in [-0.25, -0.2) is 5.43 Å². The van der Waals surface area contributed by atoms with Gasteiger partial charge in [0.2, 0.25) is 0 Å². The van der Waals surface area contributed by atoms with Crippen molar-refractivity contribution in [3.05, 3.63) is 30.3 Å². The molecule has 1 aromatic rings. The van der Waals surface area contributed by atoms with Gasteiger partial charge in [0.15, 0.2) is 6.07 Å². The molecule has 0 saturated heterocycles. The molecular weight excluding hydrogens is 239 g/mol. The van der Waals surface area contributed by atoms with Crippen molar-refractivity contribution in [1.82, 2.24) is 5.43 Å². The summed E-state index contributed by atoms with van der Waals surface area (Å²) in [7, 11) is 0. The van der Waals surface area contributed by atoms with Crippen LogP contribution < -0.4 is 10.6 Å². The number of halogens is 3. The highest BCUT2D eigenvalue weighted by Gasteiger charge is 2.34. The number of rotatable bonds is 3. The van der Waals surface area contributed by atoms with Gasteiger partial charge in [-0.05, 0) is 12.1 Å². The molecule has 0 aliphatic heterocycles. The summed E-state index contributed by atoms with van der Waals surface area (Å²) < 4.78 is 36.1. The monoisotopic (exact) mass is 245 g/mol. The van der Waals surface area contributed by atoms with Crippen molar-refractivity contribution >= 4 is 11.6 Å². The predicted molar refractivity (Wildman–Crippen MR) is 49.8 cm³/mol. The molecule has 0 heterocycles. The minimum absolute atomic E-state index is 0.0750. The molecule has 1 aromatic carbocycles. The van der Waals surface area contributed by atoms with E-state index in [1.807, 2.05) is 0 Å². The van der Waals surface area contributed by atoms with Gasteiger partial charge >= 0.3 is 12.3 Å². The molecule has 0 spiro atoms. The molecule has 0 atom stereocenters. The maximum Gasteiger partial charge on any atom is 0.545 e. The van der Waals surface area contributed by atoms with Crippen molar-refractivity contribution in [3.63, 3.8) is 0 Å². The summed E-state index contributed by atoms with van der Waals surface area (Å²) in [4.78, 5) is 14.3. The highest BCUT2D eigenvalue weighted by Crippen LogP contribution is 2.21. The number of alkyl halides is 3. The van der Waals surface area contributed by atoms with Crippen molar-refractivity contribution in [1.29, 1.82) is 5.26 Å². The zero-order valence-electron chi connectivity index (χ0n) is 8.23. The zero-order chi connectivity index (χ0) is 12.9. The predicted octanol–water partition coefficient (Wildman–Crippen LogP) is 1.50. The maximum absolute atomic E-state index is 12.0. The average molecular weight is 245 g/mol. The van der Waals surface area contributed by atoms with E-state index < -0.39 is 12.3 Å². The first kappa shape index (κ1) is 12.8. The first-order valence-corrected chi connectivity index (χ1v) is 4.24.